The van der Waals surface area contributed by atoms with Gasteiger partial charge in [0, 0.05) is 5.57 Å². The van der Waals surface area contributed by atoms with Crippen molar-refractivity contribution >= 4 is 5.57 Å². The molecule has 20 heavy (non-hydrogen) atoms. The van der Waals surface area contributed by atoms with Crippen molar-refractivity contribution in [1.29, 1.82) is 0 Å². The molecule has 2 nitrogen and oxygen atoms in total. The van der Waals surface area contributed by atoms with Crippen molar-refractivity contribution in [3.63, 3.8) is 0 Å². The molecule has 0 saturated carbocycles. The Kier molecular flexibility index (Phi) is 5.10. The number of benzene rings is 1. The molecule has 1 heterocycles. The Bertz CT molecular complexity index is 586. The summed E-state index contributed by atoms with van der Waals surface area (Å²) in [5.41, 5.74) is 1.56. The van der Waals surface area contributed by atoms with Gasteiger partial charge in [0.25, 0.3) is 0 Å². The van der Waals surface area contributed by atoms with Gasteiger partial charge in [-0.05, 0) is 25.0 Å². The number of aromatic nitrogens is 1. The average Bonchev–Trinajstić information content (AvgIpc) is 2.93. The standard InChI is InChI=1S/C17H20FNO/c1-3-5-9-13(8-4-2)17-19-12-16(20-17)14-10-6-7-11-15(14)18/h6-7,9-12H,3-5,8H2,1-2H3/b13-9+. The van der Waals surface area contributed by atoms with Gasteiger partial charge in [-0.25, -0.2) is 9.37 Å². The molecule has 0 bridgehead atoms. The van der Waals surface area contributed by atoms with Crippen LogP contribution >= 0.6 is 0 Å². The molecule has 106 valence electrons. The van der Waals surface area contributed by atoms with E-state index >= 15 is 0 Å². The summed E-state index contributed by atoms with van der Waals surface area (Å²) in [5, 5.41) is 0. The summed E-state index contributed by atoms with van der Waals surface area (Å²) < 4.78 is 19.5. The topological polar surface area (TPSA) is 26.0 Å². The molecule has 2 aromatic rings. The van der Waals surface area contributed by atoms with E-state index in [1.807, 2.05) is 0 Å². The predicted molar refractivity (Wildman–Crippen MR) is 79.7 cm³/mol. The molecular weight excluding hydrogens is 253 g/mol. The van der Waals surface area contributed by atoms with Gasteiger partial charge < -0.3 is 4.42 Å². The van der Waals surface area contributed by atoms with Crippen LogP contribution in [-0.4, -0.2) is 4.98 Å². The number of nitrogens with zero attached hydrogens (tertiary/aromatic N) is 1. The summed E-state index contributed by atoms with van der Waals surface area (Å²) in [6.07, 6.45) is 7.83. The summed E-state index contributed by atoms with van der Waals surface area (Å²) in [6.45, 7) is 4.26. The Balaban J connectivity index is 2.30. The molecular formula is C17H20FNO. The van der Waals surface area contributed by atoms with Gasteiger partial charge in [-0.3, -0.25) is 0 Å². The van der Waals surface area contributed by atoms with Gasteiger partial charge in [-0.1, -0.05) is 44.9 Å². The van der Waals surface area contributed by atoms with Crippen LogP contribution in [0.25, 0.3) is 16.9 Å². The van der Waals surface area contributed by atoms with Crippen LogP contribution in [0.5, 0.6) is 0 Å². The van der Waals surface area contributed by atoms with Crippen LogP contribution in [-0.2, 0) is 0 Å². The minimum absolute atomic E-state index is 0.287. The number of hydrogen-bond donors (Lipinski definition) is 0. The van der Waals surface area contributed by atoms with Crippen LogP contribution in [0.1, 0.15) is 45.4 Å². The van der Waals surface area contributed by atoms with Gasteiger partial charge in [0.1, 0.15) is 5.82 Å². The number of allylic oxidation sites excluding steroid dienone is 2. The van der Waals surface area contributed by atoms with Crippen molar-refractivity contribution in [2.45, 2.75) is 39.5 Å². The second kappa shape index (κ2) is 7.04. The smallest absolute Gasteiger partial charge is 0.222 e. The van der Waals surface area contributed by atoms with E-state index in [4.69, 9.17) is 4.42 Å². The van der Waals surface area contributed by atoms with Crippen LogP contribution in [0, 0.1) is 5.82 Å². The number of hydrogen-bond acceptors (Lipinski definition) is 2. The highest BCUT2D eigenvalue weighted by Crippen LogP contribution is 2.27. The first kappa shape index (κ1) is 14.5. The van der Waals surface area contributed by atoms with E-state index in [1.165, 1.54) is 6.07 Å². The third kappa shape index (κ3) is 3.35. The van der Waals surface area contributed by atoms with E-state index in [0.29, 0.717) is 17.2 Å². The summed E-state index contributed by atoms with van der Waals surface area (Å²) in [6, 6.07) is 6.59. The molecule has 0 unspecified atom stereocenters. The molecule has 0 aliphatic heterocycles. The van der Waals surface area contributed by atoms with Crippen molar-refractivity contribution in [3.05, 3.63) is 48.2 Å². The first-order chi connectivity index (χ1) is 9.76. The monoisotopic (exact) mass is 273 g/mol. The van der Waals surface area contributed by atoms with Crippen molar-refractivity contribution in [3.8, 4) is 11.3 Å². The largest absolute Gasteiger partial charge is 0.436 e. The maximum absolute atomic E-state index is 13.7. The van der Waals surface area contributed by atoms with Gasteiger partial charge in [0.05, 0.1) is 11.8 Å². The lowest BCUT2D eigenvalue weighted by molar-refractivity contribution is 0.544. The highest BCUT2D eigenvalue weighted by molar-refractivity contribution is 5.62. The van der Waals surface area contributed by atoms with Crippen LogP contribution in [0.2, 0.25) is 0 Å². The Hall–Kier alpha value is -1.90. The van der Waals surface area contributed by atoms with Gasteiger partial charge in [-0.2, -0.15) is 0 Å². The van der Waals surface area contributed by atoms with Crippen LogP contribution in [0.15, 0.2) is 41.0 Å². The normalized spacial score (nSPS) is 11.8. The fraction of sp³-hybridized carbons (Fsp3) is 0.353. The van der Waals surface area contributed by atoms with Gasteiger partial charge >= 0.3 is 0 Å². The second-order valence-corrected chi connectivity index (χ2v) is 4.78. The van der Waals surface area contributed by atoms with E-state index in [-0.39, 0.29) is 5.82 Å². The lowest BCUT2D eigenvalue weighted by Gasteiger charge is -2.02. The summed E-state index contributed by atoms with van der Waals surface area (Å²) >= 11 is 0. The molecule has 1 aromatic carbocycles. The van der Waals surface area contributed by atoms with Gasteiger partial charge in [0.2, 0.25) is 5.89 Å². The average molecular weight is 273 g/mol. The highest BCUT2D eigenvalue weighted by Gasteiger charge is 2.12. The minimum atomic E-state index is -0.287. The predicted octanol–water partition coefficient (Wildman–Crippen LogP) is 5.46. The molecule has 0 aliphatic carbocycles. The summed E-state index contributed by atoms with van der Waals surface area (Å²) in [7, 11) is 0. The zero-order valence-corrected chi connectivity index (χ0v) is 12.0. The first-order valence-corrected chi connectivity index (χ1v) is 7.16. The Morgan fingerprint density at radius 3 is 2.75 bits per heavy atom. The van der Waals surface area contributed by atoms with Crippen molar-refractivity contribution in [1.82, 2.24) is 4.98 Å². The zero-order chi connectivity index (χ0) is 14.4. The molecule has 0 amide bonds. The molecule has 3 heteroatoms. The fourth-order valence-electron chi connectivity index (χ4n) is 2.09. The lowest BCUT2D eigenvalue weighted by atomic mass is 10.1. The third-order valence-corrected chi connectivity index (χ3v) is 3.12. The molecule has 0 N–H and O–H groups in total. The van der Waals surface area contributed by atoms with Gasteiger partial charge in [0.15, 0.2) is 5.76 Å². The molecule has 0 atom stereocenters. The van der Waals surface area contributed by atoms with E-state index in [0.717, 1.165) is 31.3 Å². The molecule has 0 spiro atoms. The highest BCUT2D eigenvalue weighted by atomic mass is 19.1. The molecule has 0 radical (unpaired) electrons. The molecule has 2 rings (SSSR count). The maximum atomic E-state index is 13.7. The minimum Gasteiger partial charge on any atom is -0.436 e. The molecule has 0 fully saturated rings. The SMILES string of the molecule is CCC/C=C(\CCC)c1ncc(-c2ccccc2F)o1. The van der Waals surface area contributed by atoms with Crippen LogP contribution < -0.4 is 0 Å². The zero-order valence-electron chi connectivity index (χ0n) is 12.0. The summed E-state index contributed by atoms with van der Waals surface area (Å²) in [4.78, 5) is 4.30. The molecule has 1 aromatic heterocycles. The van der Waals surface area contributed by atoms with Crippen molar-refractivity contribution < 1.29 is 8.81 Å². The second-order valence-electron chi connectivity index (χ2n) is 4.78. The summed E-state index contributed by atoms with van der Waals surface area (Å²) in [5.74, 6) is 0.805. The van der Waals surface area contributed by atoms with E-state index in [1.54, 1.807) is 24.4 Å². The van der Waals surface area contributed by atoms with Crippen molar-refractivity contribution in [2.75, 3.05) is 0 Å². The molecule has 0 aliphatic rings. The van der Waals surface area contributed by atoms with Crippen LogP contribution in [0.4, 0.5) is 4.39 Å². The van der Waals surface area contributed by atoms with Crippen molar-refractivity contribution in [2.24, 2.45) is 0 Å². The fourth-order valence-corrected chi connectivity index (χ4v) is 2.09. The number of unbranched alkanes of at least 4 members (excludes halogenated alkanes) is 1. The Labute approximate surface area is 119 Å². The van der Waals surface area contributed by atoms with E-state index < -0.39 is 0 Å². The third-order valence-electron chi connectivity index (χ3n) is 3.12. The van der Waals surface area contributed by atoms with Crippen LogP contribution in [0.3, 0.4) is 0 Å². The van der Waals surface area contributed by atoms with E-state index in [2.05, 4.69) is 24.9 Å². The van der Waals surface area contributed by atoms with E-state index in [9.17, 15) is 4.39 Å². The first-order valence-electron chi connectivity index (χ1n) is 7.16. The molecule has 0 saturated heterocycles. The number of halogens is 1. The quantitative estimate of drug-likeness (QED) is 0.698. The van der Waals surface area contributed by atoms with Gasteiger partial charge in [-0.15, -0.1) is 0 Å². The maximum Gasteiger partial charge on any atom is 0.222 e. The Morgan fingerprint density at radius 1 is 1.25 bits per heavy atom. The number of oxazole rings is 1. The number of rotatable bonds is 6. The lowest BCUT2D eigenvalue weighted by Crippen LogP contribution is -1.85. The Morgan fingerprint density at radius 2 is 2.05 bits per heavy atom.